The number of carbonyl (C=O) groups is 3. The van der Waals surface area contributed by atoms with Crippen LogP contribution in [-0.4, -0.2) is 74.1 Å². The third-order valence-corrected chi connectivity index (χ3v) is 4.66. The molecule has 0 aliphatic rings. The molecular weight excluding hydrogens is 448 g/mol. The number of carbonyl (C=O) groups excluding carboxylic acids is 3. The van der Waals surface area contributed by atoms with Crippen LogP contribution in [0.3, 0.4) is 0 Å². The Morgan fingerprint density at radius 3 is 2.09 bits per heavy atom. The second-order valence-corrected chi connectivity index (χ2v) is 7.67. The fraction of sp³-hybridized carbons (Fsp3) is 0.320. The number of benzene rings is 2. The summed E-state index contributed by atoms with van der Waals surface area (Å²) < 4.78 is 0. The van der Waals surface area contributed by atoms with Crippen molar-refractivity contribution in [3.8, 4) is 11.8 Å². The molecule has 0 heterocycles. The SMILES string of the molecule is C.CN(C)CCNCC(=O)Nc1ccc(C#Cc2ccc(C(=O)N[C@@H](CN)C(=O)NO)cc2)cc1. The Bertz CT molecular complexity index is 1030. The average Bonchev–Trinajstić information content (AvgIpc) is 2.84. The number of nitrogens with one attached hydrogen (secondary N) is 4. The highest BCUT2D eigenvalue weighted by Crippen LogP contribution is 2.09. The summed E-state index contributed by atoms with van der Waals surface area (Å²) in [7, 11) is 3.95. The second kappa shape index (κ2) is 15.2. The van der Waals surface area contributed by atoms with E-state index in [0.29, 0.717) is 16.8 Å². The first-order valence-corrected chi connectivity index (χ1v) is 10.6. The highest BCUT2D eigenvalue weighted by Gasteiger charge is 2.19. The number of anilines is 1. The number of hydroxylamine groups is 1. The van der Waals surface area contributed by atoms with Crippen LogP contribution in [-0.2, 0) is 9.59 Å². The van der Waals surface area contributed by atoms with E-state index in [-0.39, 0.29) is 26.4 Å². The van der Waals surface area contributed by atoms with Crippen molar-refractivity contribution < 1.29 is 19.6 Å². The van der Waals surface area contributed by atoms with Crippen molar-refractivity contribution in [3.05, 3.63) is 65.2 Å². The van der Waals surface area contributed by atoms with Gasteiger partial charge >= 0.3 is 0 Å². The molecule has 0 spiro atoms. The number of nitrogens with two attached hydrogens (primary N) is 1. The molecule has 35 heavy (non-hydrogen) atoms. The summed E-state index contributed by atoms with van der Waals surface area (Å²) in [6.45, 7) is 1.67. The zero-order valence-corrected chi connectivity index (χ0v) is 19.2. The van der Waals surface area contributed by atoms with Gasteiger partial charge in [0.1, 0.15) is 6.04 Å². The van der Waals surface area contributed by atoms with Crippen molar-refractivity contribution in [2.45, 2.75) is 13.5 Å². The van der Waals surface area contributed by atoms with Crippen LogP contribution >= 0.6 is 0 Å². The van der Waals surface area contributed by atoms with Gasteiger partial charge in [-0.05, 0) is 62.6 Å². The fourth-order valence-electron chi connectivity index (χ4n) is 2.75. The molecule has 0 aliphatic heterocycles. The maximum Gasteiger partial charge on any atom is 0.267 e. The lowest BCUT2D eigenvalue weighted by molar-refractivity contribution is -0.130. The molecule has 10 heteroatoms. The van der Waals surface area contributed by atoms with E-state index in [1.807, 2.05) is 31.1 Å². The number of hydrogen-bond donors (Lipinski definition) is 6. The van der Waals surface area contributed by atoms with E-state index in [1.54, 1.807) is 36.4 Å². The lowest BCUT2D eigenvalue weighted by Gasteiger charge is -2.14. The van der Waals surface area contributed by atoms with Gasteiger partial charge in [-0.3, -0.25) is 19.6 Å². The molecule has 2 aromatic carbocycles. The Labute approximate surface area is 206 Å². The third kappa shape index (κ3) is 10.4. The van der Waals surface area contributed by atoms with Gasteiger partial charge in [-0.2, -0.15) is 0 Å². The molecule has 0 unspecified atom stereocenters. The van der Waals surface area contributed by atoms with Gasteiger partial charge in [0.2, 0.25) is 5.91 Å². The van der Waals surface area contributed by atoms with Crippen LogP contribution in [0.1, 0.15) is 28.9 Å². The summed E-state index contributed by atoms with van der Waals surface area (Å²) in [6, 6.07) is 12.7. The summed E-state index contributed by atoms with van der Waals surface area (Å²) in [5, 5.41) is 17.0. The van der Waals surface area contributed by atoms with E-state index in [1.165, 1.54) is 5.48 Å². The minimum Gasteiger partial charge on any atom is -0.339 e. The van der Waals surface area contributed by atoms with Crippen molar-refractivity contribution in [2.24, 2.45) is 5.73 Å². The van der Waals surface area contributed by atoms with E-state index in [0.717, 1.165) is 18.7 Å². The summed E-state index contributed by atoms with van der Waals surface area (Å²) in [5.74, 6) is 4.64. The normalized spacial score (nSPS) is 10.9. The van der Waals surface area contributed by atoms with Gasteiger partial charge in [0.15, 0.2) is 0 Å². The second-order valence-electron chi connectivity index (χ2n) is 7.67. The van der Waals surface area contributed by atoms with Crippen molar-refractivity contribution in [1.82, 2.24) is 21.0 Å². The minimum atomic E-state index is -1.04. The van der Waals surface area contributed by atoms with Crippen molar-refractivity contribution in [3.63, 3.8) is 0 Å². The standard InChI is InChI=1S/C24H30N6O4.CH4/c1-30(2)14-13-26-16-22(31)27-20-11-7-18(8-12-20)4-3-17-5-9-19(10-6-17)23(32)28-21(15-25)24(33)29-34;/h5-12,21,26,34H,13-16,25H2,1-2H3,(H,27,31)(H,28,32)(H,29,33);1H4/t21-;/m0./s1. The fourth-order valence-corrected chi connectivity index (χ4v) is 2.75. The molecule has 0 bridgehead atoms. The third-order valence-electron chi connectivity index (χ3n) is 4.66. The van der Waals surface area contributed by atoms with Gasteiger partial charge < -0.3 is 26.6 Å². The van der Waals surface area contributed by atoms with Gasteiger partial charge in [0, 0.05) is 42.0 Å². The Balaban J connectivity index is 0.00000612. The molecule has 2 rings (SSSR count). The molecule has 0 radical (unpaired) electrons. The predicted molar refractivity (Wildman–Crippen MR) is 136 cm³/mol. The summed E-state index contributed by atoms with van der Waals surface area (Å²) >= 11 is 0. The summed E-state index contributed by atoms with van der Waals surface area (Å²) in [5.41, 5.74) is 9.37. The Kier molecular flexibility index (Phi) is 12.7. The van der Waals surface area contributed by atoms with Crippen LogP contribution in [0.2, 0.25) is 0 Å². The highest BCUT2D eigenvalue weighted by atomic mass is 16.5. The van der Waals surface area contributed by atoms with Crippen molar-refractivity contribution >= 4 is 23.4 Å². The number of nitrogens with zero attached hydrogens (tertiary/aromatic N) is 1. The maximum atomic E-state index is 12.2. The summed E-state index contributed by atoms with van der Waals surface area (Å²) in [6.07, 6.45) is 0. The molecule has 0 saturated heterocycles. The topological polar surface area (TPSA) is 149 Å². The van der Waals surface area contributed by atoms with Crippen LogP contribution in [0.15, 0.2) is 48.5 Å². The summed E-state index contributed by atoms with van der Waals surface area (Å²) in [4.78, 5) is 37.7. The molecule has 0 saturated carbocycles. The zero-order chi connectivity index (χ0) is 24.9. The van der Waals surface area contributed by atoms with Crippen LogP contribution < -0.4 is 27.2 Å². The van der Waals surface area contributed by atoms with Gasteiger partial charge in [0.25, 0.3) is 11.8 Å². The molecular formula is C25H34N6O4. The van der Waals surface area contributed by atoms with Gasteiger partial charge in [0.05, 0.1) is 6.54 Å². The monoisotopic (exact) mass is 482 g/mol. The zero-order valence-electron chi connectivity index (χ0n) is 19.2. The molecule has 2 aromatic rings. The maximum absolute atomic E-state index is 12.2. The van der Waals surface area contributed by atoms with Crippen molar-refractivity contribution in [1.29, 1.82) is 0 Å². The average molecular weight is 483 g/mol. The largest absolute Gasteiger partial charge is 0.339 e. The number of amides is 3. The van der Waals surface area contributed by atoms with Gasteiger partial charge in [-0.1, -0.05) is 19.3 Å². The molecule has 188 valence electrons. The predicted octanol–water partition coefficient (Wildman–Crippen LogP) is 0.375. The van der Waals surface area contributed by atoms with E-state index in [9.17, 15) is 14.4 Å². The van der Waals surface area contributed by atoms with E-state index < -0.39 is 17.9 Å². The van der Waals surface area contributed by atoms with Crippen LogP contribution in [0.25, 0.3) is 0 Å². The van der Waals surface area contributed by atoms with E-state index in [2.05, 4.69) is 27.8 Å². The van der Waals surface area contributed by atoms with E-state index >= 15 is 0 Å². The molecule has 3 amide bonds. The Morgan fingerprint density at radius 1 is 1.00 bits per heavy atom. The smallest absolute Gasteiger partial charge is 0.267 e. The van der Waals surface area contributed by atoms with Crippen LogP contribution in [0, 0.1) is 11.8 Å². The molecule has 0 aromatic heterocycles. The Morgan fingerprint density at radius 2 is 1.57 bits per heavy atom. The first-order chi connectivity index (χ1) is 16.3. The van der Waals surface area contributed by atoms with Gasteiger partial charge in [-0.15, -0.1) is 0 Å². The quantitative estimate of drug-likeness (QED) is 0.124. The lowest BCUT2D eigenvalue weighted by atomic mass is 10.1. The first-order valence-electron chi connectivity index (χ1n) is 10.6. The number of hydrogen-bond acceptors (Lipinski definition) is 7. The molecule has 0 fully saturated rings. The van der Waals surface area contributed by atoms with Gasteiger partial charge in [-0.25, -0.2) is 5.48 Å². The molecule has 0 aliphatic carbocycles. The number of likely N-dealkylation sites (N-methyl/N-ethyl adjacent to an activating group) is 1. The molecule has 7 N–H and O–H groups in total. The molecule has 10 nitrogen and oxygen atoms in total. The Hall–Kier alpha value is -3.75. The van der Waals surface area contributed by atoms with Crippen molar-refractivity contribution in [2.75, 3.05) is 45.6 Å². The minimum absolute atomic E-state index is 0. The van der Waals surface area contributed by atoms with E-state index in [4.69, 9.17) is 10.9 Å². The lowest BCUT2D eigenvalue weighted by Crippen LogP contribution is -2.50. The molecule has 1 atom stereocenters. The highest BCUT2D eigenvalue weighted by molar-refractivity contribution is 5.97. The van der Waals surface area contributed by atoms with Crippen LogP contribution in [0.4, 0.5) is 5.69 Å². The van der Waals surface area contributed by atoms with Crippen LogP contribution in [0.5, 0.6) is 0 Å². The first kappa shape index (κ1) is 29.3. The number of rotatable bonds is 10.